The molecule has 0 radical (unpaired) electrons. The van der Waals surface area contributed by atoms with Crippen LogP contribution in [-0.4, -0.2) is 56.0 Å². The van der Waals surface area contributed by atoms with Crippen LogP contribution in [0.15, 0.2) is 29.3 Å². The molecule has 1 heterocycles. The number of aliphatic hydroxyl groups is 1. The number of nitrogens with one attached hydrogen (secondary N) is 2. The van der Waals surface area contributed by atoms with Crippen molar-refractivity contribution in [1.29, 1.82) is 0 Å². The number of halogens is 1. The van der Waals surface area contributed by atoms with Crippen LogP contribution >= 0.6 is 24.0 Å². The molecule has 0 aromatic heterocycles. The van der Waals surface area contributed by atoms with Gasteiger partial charge in [0, 0.05) is 25.7 Å². The highest BCUT2D eigenvalue weighted by Gasteiger charge is 2.26. The van der Waals surface area contributed by atoms with Gasteiger partial charge in [-0.2, -0.15) is 0 Å². The lowest BCUT2D eigenvalue weighted by molar-refractivity contribution is 0.0418. The Balaban J connectivity index is 0.00000364. The molecule has 7 heteroatoms. The highest BCUT2D eigenvalue weighted by atomic mass is 127. The van der Waals surface area contributed by atoms with E-state index in [1.165, 1.54) is 0 Å². The number of rotatable bonds is 8. The standard InChI is InChI=1S/C20H34N4O2.HI/c1-5-20(25,6-2)15-22-19(21-7-3)23-16-12-13-24(14-16)17-10-8-9-11-18(17)26-4;/h8-11,16,25H,5-7,12-15H2,1-4H3,(H2,21,22,23);1H. The fourth-order valence-corrected chi connectivity index (χ4v) is 3.20. The van der Waals surface area contributed by atoms with Crippen molar-refractivity contribution >= 4 is 35.6 Å². The fraction of sp³-hybridized carbons (Fsp3) is 0.650. The Morgan fingerprint density at radius 3 is 2.63 bits per heavy atom. The summed E-state index contributed by atoms with van der Waals surface area (Å²) in [6.45, 7) is 9.15. The monoisotopic (exact) mass is 490 g/mol. The summed E-state index contributed by atoms with van der Waals surface area (Å²) in [5, 5.41) is 17.3. The van der Waals surface area contributed by atoms with Crippen molar-refractivity contribution < 1.29 is 9.84 Å². The molecule has 1 unspecified atom stereocenters. The predicted octanol–water partition coefficient (Wildman–Crippen LogP) is 3.00. The van der Waals surface area contributed by atoms with E-state index in [0.29, 0.717) is 25.4 Å². The minimum Gasteiger partial charge on any atom is -0.495 e. The molecule has 0 bridgehead atoms. The third-order valence-electron chi connectivity index (χ3n) is 5.15. The molecule has 0 spiro atoms. The Labute approximate surface area is 180 Å². The van der Waals surface area contributed by atoms with Crippen molar-refractivity contribution in [3.05, 3.63) is 24.3 Å². The molecular formula is C20H35IN4O2. The van der Waals surface area contributed by atoms with Gasteiger partial charge in [0.1, 0.15) is 5.75 Å². The number of guanidine groups is 1. The largest absolute Gasteiger partial charge is 0.495 e. The number of aliphatic imine (C=N–C) groups is 1. The van der Waals surface area contributed by atoms with Crippen LogP contribution in [0.1, 0.15) is 40.0 Å². The zero-order valence-electron chi connectivity index (χ0n) is 17.0. The summed E-state index contributed by atoms with van der Waals surface area (Å²) in [4.78, 5) is 6.97. The smallest absolute Gasteiger partial charge is 0.191 e. The summed E-state index contributed by atoms with van der Waals surface area (Å²) in [6, 6.07) is 8.45. The maximum Gasteiger partial charge on any atom is 0.191 e. The number of methoxy groups -OCH3 is 1. The second kappa shape index (κ2) is 11.6. The number of nitrogens with zero attached hydrogens (tertiary/aromatic N) is 2. The van der Waals surface area contributed by atoms with E-state index in [0.717, 1.165) is 43.5 Å². The number of hydrogen-bond donors (Lipinski definition) is 3. The Bertz CT molecular complexity index is 593. The van der Waals surface area contributed by atoms with E-state index in [-0.39, 0.29) is 24.0 Å². The molecule has 0 amide bonds. The van der Waals surface area contributed by atoms with Crippen molar-refractivity contribution in [3.8, 4) is 5.75 Å². The Morgan fingerprint density at radius 2 is 2.00 bits per heavy atom. The molecule has 1 saturated heterocycles. The van der Waals surface area contributed by atoms with Gasteiger partial charge in [0.15, 0.2) is 5.96 Å². The molecule has 3 N–H and O–H groups in total. The highest BCUT2D eigenvalue weighted by molar-refractivity contribution is 14.0. The number of benzene rings is 1. The Morgan fingerprint density at radius 1 is 1.30 bits per heavy atom. The first-order valence-corrected chi connectivity index (χ1v) is 9.70. The van der Waals surface area contributed by atoms with Gasteiger partial charge in [-0.1, -0.05) is 26.0 Å². The van der Waals surface area contributed by atoms with Gasteiger partial charge in [-0.05, 0) is 38.3 Å². The lowest BCUT2D eigenvalue weighted by Crippen LogP contribution is -2.45. The zero-order chi connectivity index (χ0) is 19.0. The van der Waals surface area contributed by atoms with Gasteiger partial charge >= 0.3 is 0 Å². The van der Waals surface area contributed by atoms with Crippen LogP contribution in [0, 0.1) is 0 Å². The fourth-order valence-electron chi connectivity index (χ4n) is 3.20. The SMILES string of the molecule is CCNC(=NCC(O)(CC)CC)NC1CCN(c2ccccc2OC)C1.I. The summed E-state index contributed by atoms with van der Waals surface area (Å²) in [5.41, 5.74) is 0.411. The maximum atomic E-state index is 10.5. The van der Waals surface area contributed by atoms with Gasteiger partial charge in [-0.25, -0.2) is 0 Å². The second-order valence-electron chi connectivity index (χ2n) is 6.87. The van der Waals surface area contributed by atoms with Gasteiger partial charge in [-0.3, -0.25) is 4.99 Å². The first kappa shape index (κ1) is 23.8. The van der Waals surface area contributed by atoms with Gasteiger partial charge < -0.3 is 25.4 Å². The Kier molecular flexibility index (Phi) is 10.2. The first-order valence-electron chi connectivity index (χ1n) is 9.70. The van der Waals surface area contributed by atoms with E-state index in [4.69, 9.17) is 4.74 Å². The third kappa shape index (κ3) is 6.71. The van der Waals surface area contributed by atoms with E-state index in [9.17, 15) is 5.11 Å². The van der Waals surface area contributed by atoms with Gasteiger partial charge in [0.25, 0.3) is 0 Å². The van der Waals surface area contributed by atoms with E-state index in [1.54, 1.807) is 7.11 Å². The molecule has 154 valence electrons. The average molecular weight is 490 g/mol. The molecule has 1 aliphatic rings. The highest BCUT2D eigenvalue weighted by Crippen LogP contribution is 2.30. The minimum absolute atomic E-state index is 0. The lowest BCUT2D eigenvalue weighted by Gasteiger charge is -2.25. The zero-order valence-corrected chi connectivity index (χ0v) is 19.3. The van der Waals surface area contributed by atoms with Crippen LogP contribution in [0.2, 0.25) is 0 Å². The molecule has 1 aromatic carbocycles. The summed E-state index contributed by atoms with van der Waals surface area (Å²) in [7, 11) is 1.71. The van der Waals surface area contributed by atoms with Crippen molar-refractivity contribution in [2.45, 2.75) is 51.7 Å². The van der Waals surface area contributed by atoms with Crippen LogP contribution in [0.25, 0.3) is 0 Å². The van der Waals surface area contributed by atoms with E-state index in [1.807, 2.05) is 32.0 Å². The molecular weight excluding hydrogens is 455 g/mol. The number of hydrogen-bond acceptors (Lipinski definition) is 4. The molecule has 27 heavy (non-hydrogen) atoms. The van der Waals surface area contributed by atoms with Crippen LogP contribution in [-0.2, 0) is 0 Å². The molecule has 1 aliphatic heterocycles. The predicted molar refractivity (Wildman–Crippen MR) is 124 cm³/mol. The quantitative estimate of drug-likeness (QED) is 0.297. The summed E-state index contributed by atoms with van der Waals surface area (Å²) < 4.78 is 5.49. The summed E-state index contributed by atoms with van der Waals surface area (Å²) >= 11 is 0. The minimum atomic E-state index is -0.721. The van der Waals surface area contributed by atoms with Gasteiger partial charge in [-0.15, -0.1) is 24.0 Å². The van der Waals surface area contributed by atoms with Crippen molar-refractivity contribution in [2.75, 3.05) is 38.2 Å². The third-order valence-corrected chi connectivity index (χ3v) is 5.15. The first-order chi connectivity index (χ1) is 12.5. The van der Waals surface area contributed by atoms with Crippen molar-refractivity contribution in [1.82, 2.24) is 10.6 Å². The van der Waals surface area contributed by atoms with Crippen LogP contribution in [0.3, 0.4) is 0 Å². The van der Waals surface area contributed by atoms with Crippen LogP contribution in [0.4, 0.5) is 5.69 Å². The van der Waals surface area contributed by atoms with Crippen LogP contribution < -0.4 is 20.3 Å². The van der Waals surface area contributed by atoms with Gasteiger partial charge in [0.2, 0.25) is 0 Å². The van der Waals surface area contributed by atoms with E-state index < -0.39 is 5.60 Å². The molecule has 1 fully saturated rings. The number of ether oxygens (including phenoxy) is 1. The van der Waals surface area contributed by atoms with Crippen molar-refractivity contribution in [3.63, 3.8) is 0 Å². The lowest BCUT2D eigenvalue weighted by atomic mass is 9.98. The molecule has 1 atom stereocenters. The normalized spacial score (nSPS) is 17.4. The number of para-hydroxylation sites is 2. The van der Waals surface area contributed by atoms with Crippen LogP contribution in [0.5, 0.6) is 5.75 Å². The van der Waals surface area contributed by atoms with Gasteiger partial charge in [0.05, 0.1) is 24.9 Å². The molecule has 6 nitrogen and oxygen atoms in total. The van der Waals surface area contributed by atoms with E-state index in [2.05, 4.69) is 33.5 Å². The summed E-state index contributed by atoms with van der Waals surface area (Å²) in [5.74, 6) is 1.68. The summed E-state index contributed by atoms with van der Waals surface area (Å²) in [6.07, 6.45) is 2.45. The topological polar surface area (TPSA) is 69.1 Å². The average Bonchev–Trinajstić information content (AvgIpc) is 3.14. The second-order valence-corrected chi connectivity index (χ2v) is 6.87. The molecule has 1 aromatic rings. The van der Waals surface area contributed by atoms with Crippen molar-refractivity contribution in [2.24, 2.45) is 4.99 Å². The van der Waals surface area contributed by atoms with E-state index >= 15 is 0 Å². The Hall–Kier alpha value is -1.22. The molecule has 0 saturated carbocycles. The molecule has 0 aliphatic carbocycles. The maximum absolute atomic E-state index is 10.5. The molecule has 2 rings (SSSR count). The number of anilines is 1.